The van der Waals surface area contributed by atoms with Crippen LogP contribution in [0, 0.1) is 0 Å². The first-order valence-corrected chi connectivity index (χ1v) is 10.5. The van der Waals surface area contributed by atoms with E-state index in [-0.39, 0.29) is 18.0 Å². The summed E-state index contributed by atoms with van der Waals surface area (Å²) in [7, 11) is 3.61. The maximum absolute atomic E-state index is 11.9. The number of carbonyl (C=O) groups is 1. The molecule has 2 N–H and O–H groups in total. The number of hydrogen-bond acceptors (Lipinski definition) is 4. The molecule has 0 aliphatic carbocycles. The summed E-state index contributed by atoms with van der Waals surface area (Å²) >= 11 is 5.76. The van der Waals surface area contributed by atoms with Crippen LogP contribution < -0.4 is 20.3 Å². The Morgan fingerprint density at radius 1 is 1.26 bits per heavy atom. The lowest BCUT2D eigenvalue weighted by atomic mass is 10.0. The topological polar surface area (TPSA) is 71.4 Å². The molecule has 1 aliphatic rings. The zero-order valence-corrected chi connectivity index (χ0v) is 18.5. The van der Waals surface area contributed by atoms with Gasteiger partial charge in [0.2, 0.25) is 5.91 Å². The summed E-state index contributed by atoms with van der Waals surface area (Å²) in [6.07, 6.45) is 4.21. The number of amides is 1. The number of ether oxygens (including phenoxy) is 1. The van der Waals surface area contributed by atoms with E-state index in [2.05, 4.69) is 31.2 Å². The Kier molecular flexibility index (Phi) is 5.90. The first-order chi connectivity index (χ1) is 15.0. The third-order valence-corrected chi connectivity index (χ3v) is 5.76. The molecule has 0 radical (unpaired) electrons. The fourth-order valence-corrected chi connectivity index (χ4v) is 4.23. The largest absolute Gasteiger partial charge is 0.494 e. The molecule has 2 atom stereocenters. The first-order valence-electron chi connectivity index (χ1n) is 10.1. The third-order valence-electron chi connectivity index (χ3n) is 5.44. The minimum atomic E-state index is -0.118. The number of pyridine rings is 1. The fraction of sp³-hybridized carbons (Fsp3) is 0.261. The van der Waals surface area contributed by atoms with Crippen LogP contribution in [0.2, 0.25) is 0 Å². The lowest BCUT2D eigenvalue weighted by Gasteiger charge is -2.28. The van der Waals surface area contributed by atoms with Crippen molar-refractivity contribution in [3.05, 3.63) is 72.3 Å². The van der Waals surface area contributed by atoms with Gasteiger partial charge in [-0.15, -0.1) is 0 Å². The zero-order valence-electron chi connectivity index (χ0n) is 17.7. The maximum Gasteiger partial charge on any atom is 0.224 e. The molecule has 0 unspecified atom stereocenters. The molecular formula is C23H25N5O2S. The van der Waals surface area contributed by atoms with E-state index in [1.54, 1.807) is 13.3 Å². The Morgan fingerprint density at radius 2 is 2.10 bits per heavy atom. The van der Waals surface area contributed by atoms with Gasteiger partial charge in [0.05, 0.1) is 24.5 Å². The molecule has 4 rings (SSSR count). The molecule has 1 saturated heterocycles. The molecule has 3 aromatic rings. The molecule has 7 nitrogen and oxygen atoms in total. The highest BCUT2D eigenvalue weighted by Gasteiger charge is 2.42. The SMILES string of the molecule is CCC(=O)Nc1ccc(N2C(=S)N[C@@H](c3ccccn3)[C@H]2c2cccn2C)cc1OC. The second-order valence-corrected chi connectivity index (χ2v) is 7.71. The average molecular weight is 436 g/mol. The van der Waals surface area contributed by atoms with Crippen molar-refractivity contribution in [3.8, 4) is 5.75 Å². The van der Waals surface area contributed by atoms with Crippen molar-refractivity contribution in [1.29, 1.82) is 0 Å². The number of anilines is 2. The van der Waals surface area contributed by atoms with Crippen LogP contribution >= 0.6 is 12.2 Å². The highest BCUT2D eigenvalue weighted by atomic mass is 32.1. The van der Waals surface area contributed by atoms with Gasteiger partial charge in [0.15, 0.2) is 5.11 Å². The summed E-state index contributed by atoms with van der Waals surface area (Å²) < 4.78 is 7.66. The van der Waals surface area contributed by atoms with Crippen molar-refractivity contribution in [3.63, 3.8) is 0 Å². The zero-order chi connectivity index (χ0) is 22.0. The van der Waals surface area contributed by atoms with Crippen LogP contribution in [0.3, 0.4) is 0 Å². The Balaban J connectivity index is 1.78. The molecule has 1 fully saturated rings. The number of rotatable bonds is 6. The number of carbonyl (C=O) groups excluding carboxylic acids is 1. The van der Waals surface area contributed by atoms with Crippen LogP contribution in [0.5, 0.6) is 5.75 Å². The second-order valence-electron chi connectivity index (χ2n) is 7.33. The molecule has 1 aromatic carbocycles. The average Bonchev–Trinajstić information content (AvgIpc) is 3.36. The van der Waals surface area contributed by atoms with Gasteiger partial charge in [0.25, 0.3) is 0 Å². The fourth-order valence-electron chi connectivity index (χ4n) is 3.89. The standard InChI is InChI=1S/C23H25N5O2S/c1-4-20(29)25-16-11-10-15(14-19(16)30-3)28-22(18-9-7-13-27(18)2)21(26-23(28)31)17-8-5-6-12-24-17/h5-14,21-22H,4H2,1-3H3,(H,25,29)(H,26,31)/t21-,22+/m0/s1. The van der Waals surface area contributed by atoms with Crippen LogP contribution in [-0.4, -0.2) is 27.7 Å². The first kappa shape index (κ1) is 20.9. The highest BCUT2D eigenvalue weighted by Crippen LogP contribution is 2.43. The van der Waals surface area contributed by atoms with Gasteiger partial charge < -0.3 is 24.8 Å². The summed E-state index contributed by atoms with van der Waals surface area (Å²) in [5.74, 6) is 0.510. The van der Waals surface area contributed by atoms with E-state index in [0.29, 0.717) is 23.0 Å². The number of nitrogens with one attached hydrogen (secondary N) is 2. The van der Waals surface area contributed by atoms with Crippen LogP contribution in [0.15, 0.2) is 60.9 Å². The van der Waals surface area contributed by atoms with E-state index in [4.69, 9.17) is 17.0 Å². The van der Waals surface area contributed by atoms with Crippen molar-refractivity contribution in [1.82, 2.24) is 14.9 Å². The normalized spacial score (nSPS) is 18.0. The predicted octanol–water partition coefficient (Wildman–Crippen LogP) is 3.95. The third kappa shape index (κ3) is 3.98. The minimum Gasteiger partial charge on any atom is -0.494 e. The van der Waals surface area contributed by atoms with Gasteiger partial charge in [-0.2, -0.15) is 0 Å². The Labute approximate surface area is 187 Å². The van der Waals surface area contributed by atoms with Gasteiger partial charge in [-0.25, -0.2) is 0 Å². The van der Waals surface area contributed by atoms with Gasteiger partial charge in [-0.05, 0) is 48.6 Å². The quantitative estimate of drug-likeness (QED) is 0.571. The van der Waals surface area contributed by atoms with Crippen LogP contribution in [0.1, 0.15) is 36.8 Å². The summed E-state index contributed by atoms with van der Waals surface area (Å²) in [6, 6.07) is 15.5. The molecule has 0 saturated carbocycles. The monoisotopic (exact) mass is 435 g/mol. The number of hydrogen-bond donors (Lipinski definition) is 2. The number of thiocarbonyl (C=S) groups is 1. The van der Waals surface area contributed by atoms with Gasteiger partial charge in [0, 0.05) is 43.3 Å². The van der Waals surface area contributed by atoms with E-state index in [0.717, 1.165) is 17.1 Å². The molecule has 0 spiro atoms. The summed E-state index contributed by atoms with van der Waals surface area (Å²) in [5.41, 5.74) is 3.52. The van der Waals surface area contributed by atoms with Crippen molar-refractivity contribution < 1.29 is 9.53 Å². The Hall–Kier alpha value is -3.39. The lowest BCUT2D eigenvalue weighted by molar-refractivity contribution is -0.115. The highest BCUT2D eigenvalue weighted by molar-refractivity contribution is 7.80. The Morgan fingerprint density at radius 3 is 2.74 bits per heavy atom. The van der Waals surface area contributed by atoms with E-state index in [9.17, 15) is 4.79 Å². The van der Waals surface area contributed by atoms with Crippen LogP contribution in [0.25, 0.3) is 0 Å². The second kappa shape index (κ2) is 8.77. The molecular weight excluding hydrogens is 410 g/mol. The minimum absolute atomic E-state index is 0.0682. The summed E-state index contributed by atoms with van der Waals surface area (Å²) in [4.78, 5) is 18.5. The van der Waals surface area contributed by atoms with E-state index >= 15 is 0 Å². The van der Waals surface area contributed by atoms with E-state index in [1.807, 2.05) is 62.6 Å². The predicted molar refractivity (Wildman–Crippen MR) is 125 cm³/mol. The Bertz CT molecular complexity index is 1100. The summed E-state index contributed by atoms with van der Waals surface area (Å²) in [5, 5.41) is 6.93. The van der Waals surface area contributed by atoms with Crippen molar-refractivity contribution in [2.75, 3.05) is 17.3 Å². The molecule has 1 amide bonds. The molecule has 1 aliphatic heterocycles. The molecule has 0 bridgehead atoms. The lowest BCUT2D eigenvalue weighted by Crippen LogP contribution is -2.30. The number of nitrogens with zero attached hydrogens (tertiary/aromatic N) is 3. The number of aryl methyl sites for hydroxylation is 1. The molecule has 2 aromatic heterocycles. The number of benzene rings is 1. The molecule has 160 valence electrons. The molecule has 8 heteroatoms. The summed E-state index contributed by atoms with van der Waals surface area (Å²) in [6.45, 7) is 1.81. The van der Waals surface area contributed by atoms with Gasteiger partial charge >= 0.3 is 0 Å². The maximum atomic E-state index is 11.9. The van der Waals surface area contributed by atoms with E-state index in [1.165, 1.54) is 0 Å². The van der Waals surface area contributed by atoms with Crippen molar-refractivity contribution in [2.45, 2.75) is 25.4 Å². The van der Waals surface area contributed by atoms with Gasteiger partial charge in [-0.1, -0.05) is 13.0 Å². The van der Waals surface area contributed by atoms with Crippen LogP contribution in [0.4, 0.5) is 11.4 Å². The van der Waals surface area contributed by atoms with Crippen molar-refractivity contribution >= 4 is 34.6 Å². The smallest absolute Gasteiger partial charge is 0.224 e. The van der Waals surface area contributed by atoms with Crippen molar-refractivity contribution in [2.24, 2.45) is 7.05 Å². The number of methoxy groups -OCH3 is 1. The van der Waals surface area contributed by atoms with E-state index < -0.39 is 0 Å². The van der Waals surface area contributed by atoms with Crippen LogP contribution in [-0.2, 0) is 11.8 Å². The number of aromatic nitrogens is 2. The van der Waals surface area contributed by atoms with Gasteiger partial charge in [0.1, 0.15) is 11.8 Å². The van der Waals surface area contributed by atoms with Gasteiger partial charge in [-0.3, -0.25) is 9.78 Å². The molecule has 3 heterocycles. The molecule has 31 heavy (non-hydrogen) atoms.